The minimum absolute atomic E-state index is 0.124. The molecule has 0 aliphatic carbocycles. The Kier molecular flexibility index (Phi) is 6.22. The fourth-order valence-electron chi connectivity index (χ4n) is 1.61. The van der Waals surface area contributed by atoms with Gasteiger partial charge in [0, 0.05) is 25.3 Å². The summed E-state index contributed by atoms with van der Waals surface area (Å²) in [5.74, 6) is -0.567. The maximum atomic E-state index is 11.9. The molecule has 0 spiro atoms. The molecule has 2 amide bonds. The maximum Gasteiger partial charge on any atom is 0.328 e. The zero-order valence-electron chi connectivity index (χ0n) is 11.8. The first kappa shape index (κ1) is 17.0. The Bertz CT molecular complexity index is 635. The van der Waals surface area contributed by atoms with Gasteiger partial charge in [-0.2, -0.15) is 0 Å². The fourth-order valence-corrected chi connectivity index (χ4v) is 1.72. The first-order valence-corrected chi connectivity index (χ1v) is 6.88. The third kappa shape index (κ3) is 5.10. The Morgan fingerprint density at radius 3 is 2.48 bits per heavy atom. The van der Waals surface area contributed by atoms with Crippen LogP contribution < -0.4 is 21.9 Å². The number of amides is 2. The number of nitrogens with zero attached hydrogens (tertiary/aromatic N) is 1. The van der Waals surface area contributed by atoms with Gasteiger partial charge >= 0.3 is 5.69 Å². The Hall–Kier alpha value is -2.03. The van der Waals surface area contributed by atoms with Crippen LogP contribution in [0.2, 0.25) is 0 Å². The average molecular weight is 314 g/mol. The molecule has 1 aromatic heterocycles. The molecule has 0 saturated heterocycles. The van der Waals surface area contributed by atoms with Crippen LogP contribution in [0.5, 0.6) is 0 Å². The number of aromatic amines is 1. The predicted molar refractivity (Wildman–Crippen MR) is 81.0 cm³/mol. The van der Waals surface area contributed by atoms with E-state index >= 15 is 0 Å². The Labute approximate surface area is 126 Å². The van der Waals surface area contributed by atoms with Gasteiger partial charge in [-0.25, -0.2) is 4.79 Å². The van der Waals surface area contributed by atoms with Gasteiger partial charge in [0.2, 0.25) is 0 Å². The predicted octanol–water partition coefficient (Wildman–Crippen LogP) is -0.123. The molecule has 116 valence electrons. The van der Waals surface area contributed by atoms with E-state index in [1.54, 1.807) is 13.8 Å². The lowest BCUT2D eigenvalue weighted by Gasteiger charge is -2.10. The van der Waals surface area contributed by atoms with E-state index in [1.807, 2.05) is 0 Å². The fraction of sp³-hybridized carbons (Fsp3) is 0.500. The van der Waals surface area contributed by atoms with Crippen molar-refractivity contribution >= 4 is 23.8 Å². The second-order valence-corrected chi connectivity index (χ2v) is 5.05. The summed E-state index contributed by atoms with van der Waals surface area (Å²) in [6.45, 7) is 4.18. The number of rotatable bonds is 6. The molecule has 1 aromatic rings. The average Bonchev–Trinajstić information content (AvgIpc) is 2.37. The van der Waals surface area contributed by atoms with Crippen LogP contribution in [0.15, 0.2) is 15.8 Å². The van der Waals surface area contributed by atoms with Gasteiger partial charge in [0.25, 0.3) is 16.7 Å². The van der Waals surface area contributed by atoms with Crippen molar-refractivity contribution in [1.29, 1.82) is 0 Å². The molecule has 0 radical (unpaired) electrons. The van der Waals surface area contributed by atoms with Crippen molar-refractivity contribution in [3.05, 3.63) is 32.6 Å². The molecule has 0 unspecified atom stereocenters. The highest BCUT2D eigenvalue weighted by Crippen LogP contribution is 1.99. The second kappa shape index (κ2) is 7.67. The zero-order chi connectivity index (χ0) is 16.0. The number of thiol groups is 1. The molecule has 0 saturated carbocycles. The van der Waals surface area contributed by atoms with Crippen LogP contribution in [0.1, 0.15) is 36.7 Å². The van der Waals surface area contributed by atoms with Crippen molar-refractivity contribution in [2.75, 3.05) is 13.1 Å². The van der Waals surface area contributed by atoms with Crippen molar-refractivity contribution in [2.24, 2.45) is 0 Å². The van der Waals surface area contributed by atoms with Crippen LogP contribution in [0.25, 0.3) is 0 Å². The van der Waals surface area contributed by atoms with E-state index in [0.717, 1.165) is 0 Å². The number of carbonyl (C=O) groups is 2. The number of hydrogen-bond donors (Lipinski definition) is 4. The van der Waals surface area contributed by atoms with Gasteiger partial charge in [0.1, 0.15) is 5.56 Å². The minimum Gasteiger partial charge on any atom is -0.352 e. The highest BCUT2D eigenvalue weighted by molar-refractivity contribution is 7.96. The molecule has 0 bridgehead atoms. The highest BCUT2D eigenvalue weighted by atomic mass is 32.1. The van der Waals surface area contributed by atoms with Crippen molar-refractivity contribution in [2.45, 2.75) is 26.3 Å². The normalized spacial score (nSPS) is 10.5. The summed E-state index contributed by atoms with van der Waals surface area (Å²) in [5, 5.41) is 4.57. The van der Waals surface area contributed by atoms with E-state index in [-0.39, 0.29) is 18.2 Å². The zero-order valence-corrected chi connectivity index (χ0v) is 12.7. The smallest absolute Gasteiger partial charge is 0.328 e. The summed E-state index contributed by atoms with van der Waals surface area (Å²) in [6, 6.07) is -0.175. The monoisotopic (exact) mass is 314 g/mol. The van der Waals surface area contributed by atoms with E-state index in [0.29, 0.717) is 13.0 Å². The molecule has 3 N–H and O–H groups in total. The maximum absolute atomic E-state index is 11.9. The summed E-state index contributed by atoms with van der Waals surface area (Å²) >= 11 is 3.54. The van der Waals surface area contributed by atoms with E-state index in [2.05, 4.69) is 28.2 Å². The molecule has 1 heterocycles. The van der Waals surface area contributed by atoms with Gasteiger partial charge in [0.15, 0.2) is 0 Å². The van der Waals surface area contributed by atoms with Gasteiger partial charge in [0.05, 0.1) is 0 Å². The molecule has 21 heavy (non-hydrogen) atoms. The lowest BCUT2D eigenvalue weighted by molar-refractivity contribution is 0.0950. The highest BCUT2D eigenvalue weighted by Gasteiger charge is 2.13. The molecule has 9 heteroatoms. The summed E-state index contributed by atoms with van der Waals surface area (Å²) in [5.41, 5.74) is -1.40. The summed E-state index contributed by atoms with van der Waals surface area (Å²) < 4.78 is 1.28. The SMILES string of the molecule is CC(C)n1cc(C(=O)NCCCNC(=O)S)c(=O)[nH]c1=O. The van der Waals surface area contributed by atoms with Gasteiger partial charge in [-0.05, 0) is 20.3 Å². The van der Waals surface area contributed by atoms with Crippen molar-refractivity contribution < 1.29 is 9.59 Å². The summed E-state index contributed by atoms with van der Waals surface area (Å²) in [6.07, 6.45) is 1.75. The van der Waals surface area contributed by atoms with Crippen LogP contribution in [-0.4, -0.2) is 33.8 Å². The van der Waals surface area contributed by atoms with Crippen molar-refractivity contribution in [3.63, 3.8) is 0 Å². The number of H-pyrrole nitrogens is 1. The Balaban J connectivity index is 2.70. The van der Waals surface area contributed by atoms with Gasteiger partial charge in [-0.1, -0.05) is 12.6 Å². The minimum atomic E-state index is -0.724. The van der Waals surface area contributed by atoms with E-state index in [4.69, 9.17) is 0 Å². The third-order valence-electron chi connectivity index (χ3n) is 2.68. The molecule has 0 aliphatic rings. The molecule has 0 aliphatic heterocycles. The topological polar surface area (TPSA) is 113 Å². The molecule has 0 fully saturated rings. The molecule has 0 atom stereocenters. The summed E-state index contributed by atoms with van der Waals surface area (Å²) in [4.78, 5) is 47.7. The Morgan fingerprint density at radius 2 is 1.90 bits per heavy atom. The number of hydrogen-bond acceptors (Lipinski definition) is 4. The van der Waals surface area contributed by atoms with Gasteiger partial charge in [-0.3, -0.25) is 23.9 Å². The van der Waals surface area contributed by atoms with E-state index < -0.39 is 22.4 Å². The summed E-state index contributed by atoms with van der Waals surface area (Å²) in [7, 11) is 0. The lowest BCUT2D eigenvalue weighted by Crippen LogP contribution is -2.38. The molecule has 0 aromatic carbocycles. The standard InChI is InChI=1S/C12H18N4O4S/c1-7(2)16-6-8(10(18)15-11(16)19)9(17)13-4-3-5-14-12(20)21/h6-7H,3-5H2,1-2H3,(H,13,17)(H2,14,20,21)(H,15,18,19). The van der Waals surface area contributed by atoms with Crippen LogP contribution in [0.3, 0.4) is 0 Å². The van der Waals surface area contributed by atoms with Crippen LogP contribution in [0, 0.1) is 0 Å². The van der Waals surface area contributed by atoms with Crippen molar-refractivity contribution in [1.82, 2.24) is 20.2 Å². The van der Waals surface area contributed by atoms with Crippen LogP contribution in [-0.2, 0) is 0 Å². The van der Waals surface area contributed by atoms with Crippen LogP contribution in [0.4, 0.5) is 4.79 Å². The largest absolute Gasteiger partial charge is 0.352 e. The molecule has 1 rings (SSSR count). The van der Waals surface area contributed by atoms with Crippen LogP contribution >= 0.6 is 12.6 Å². The second-order valence-electron chi connectivity index (χ2n) is 4.64. The first-order valence-electron chi connectivity index (χ1n) is 6.43. The van der Waals surface area contributed by atoms with E-state index in [1.165, 1.54) is 10.8 Å². The number of carbonyl (C=O) groups excluding carboxylic acids is 2. The quantitative estimate of drug-likeness (QED) is 0.433. The Morgan fingerprint density at radius 1 is 1.29 bits per heavy atom. The lowest BCUT2D eigenvalue weighted by atomic mass is 10.3. The number of aromatic nitrogens is 2. The van der Waals surface area contributed by atoms with Gasteiger partial charge < -0.3 is 10.6 Å². The molecular weight excluding hydrogens is 296 g/mol. The van der Waals surface area contributed by atoms with E-state index in [9.17, 15) is 19.2 Å². The van der Waals surface area contributed by atoms with Crippen molar-refractivity contribution in [3.8, 4) is 0 Å². The first-order chi connectivity index (χ1) is 9.82. The van der Waals surface area contributed by atoms with Gasteiger partial charge in [-0.15, -0.1) is 0 Å². The number of nitrogens with one attached hydrogen (secondary N) is 3. The molecular formula is C12H18N4O4S. The third-order valence-corrected chi connectivity index (χ3v) is 2.84. The molecule has 8 nitrogen and oxygen atoms in total.